The highest BCUT2D eigenvalue weighted by Gasteiger charge is 2.26. The highest BCUT2D eigenvalue weighted by atomic mass is 16.5. The molecule has 0 saturated carbocycles. The second kappa shape index (κ2) is 4.89. The topological polar surface area (TPSA) is 67.3 Å². The predicted octanol–water partition coefficient (Wildman–Crippen LogP) is 0.451. The van der Waals surface area contributed by atoms with Crippen molar-refractivity contribution in [3.05, 3.63) is 18.1 Å². The summed E-state index contributed by atoms with van der Waals surface area (Å²) in [6.45, 7) is 6.83. The molecule has 1 aliphatic rings. The molecule has 1 aromatic heterocycles. The highest BCUT2D eigenvalue weighted by Crippen LogP contribution is 2.17. The summed E-state index contributed by atoms with van der Waals surface area (Å²) in [6, 6.07) is 0. The van der Waals surface area contributed by atoms with E-state index in [0.717, 1.165) is 19.6 Å². The normalized spacial score (nSPS) is 18.5. The van der Waals surface area contributed by atoms with E-state index in [2.05, 4.69) is 38.8 Å². The quantitative estimate of drug-likeness (QED) is 0.769. The monoisotopic (exact) mass is 250 g/mol. The molecule has 0 amide bonds. The molecule has 0 aliphatic carbocycles. The van der Waals surface area contributed by atoms with Crippen LogP contribution in [0.15, 0.2) is 12.4 Å². The lowest BCUT2D eigenvalue weighted by Gasteiger charge is -2.39. The van der Waals surface area contributed by atoms with Gasteiger partial charge in [0, 0.05) is 25.2 Å². The van der Waals surface area contributed by atoms with Crippen LogP contribution in [-0.2, 0) is 4.74 Å². The van der Waals surface area contributed by atoms with E-state index in [9.17, 15) is 4.79 Å². The molecule has 2 rings (SSSR count). The average molecular weight is 250 g/mol. The van der Waals surface area contributed by atoms with Gasteiger partial charge in [-0.2, -0.15) is 0 Å². The molecule has 1 N–H and O–H groups in total. The number of hydrogen-bond donors (Lipinski definition) is 1. The Morgan fingerprint density at radius 1 is 1.50 bits per heavy atom. The van der Waals surface area contributed by atoms with Gasteiger partial charge in [-0.25, -0.2) is 9.78 Å². The van der Waals surface area contributed by atoms with Crippen molar-refractivity contribution in [1.29, 1.82) is 0 Å². The number of hydrogen-bond acceptors (Lipinski definition) is 6. The summed E-state index contributed by atoms with van der Waals surface area (Å²) in [5.41, 5.74) is 0.271. The van der Waals surface area contributed by atoms with Crippen LogP contribution in [0.5, 0.6) is 0 Å². The molecule has 2 heterocycles. The smallest absolute Gasteiger partial charge is 0.358 e. The van der Waals surface area contributed by atoms with Crippen LogP contribution in [0.4, 0.5) is 5.82 Å². The van der Waals surface area contributed by atoms with Gasteiger partial charge in [0.05, 0.1) is 19.5 Å². The van der Waals surface area contributed by atoms with Gasteiger partial charge in [0.15, 0.2) is 5.69 Å². The first-order valence-electron chi connectivity index (χ1n) is 5.92. The number of ether oxygens (including phenoxy) is 1. The van der Waals surface area contributed by atoms with Crippen LogP contribution in [0.25, 0.3) is 0 Å². The molecule has 0 aromatic carbocycles. The van der Waals surface area contributed by atoms with Crippen molar-refractivity contribution in [2.24, 2.45) is 0 Å². The maximum absolute atomic E-state index is 11.4. The number of aromatic nitrogens is 2. The Hall–Kier alpha value is -1.69. The van der Waals surface area contributed by atoms with E-state index in [-0.39, 0.29) is 11.2 Å². The number of rotatable bonds is 2. The lowest BCUT2D eigenvalue weighted by molar-refractivity contribution is 0.0593. The average Bonchev–Trinajstić information content (AvgIpc) is 2.37. The van der Waals surface area contributed by atoms with E-state index in [0.29, 0.717) is 5.82 Å². The number of nitrogens with zero attached hydrogens (tertiary/aromatic N) is 3. The first kappa shape index (κ1) is 12.8. The second-order valence-corrected chi connectivity index (χ2v) is 4.99. The van der Waals surface area contributed by atoms with E-state index < -0.39 is 5.97 Å². The minimum atomic E-state index is -0.459. The second-order valence-electron chi connectivity index (χ2n) is 4.99. The Labute approximate surface area is 106 Å². The van der Waals surface area contributed by atoms with Crippen LogP contribution in [0, 0.1) is 0 Å². The van der Waals surface area contributed by atoms with Crippen molar-refractivity contribution in [3.8, 4) is 0 Å². The lowest BCUT2D eigenvalue weighted by atomic mass is 10.0. The number of carbonyl (C=O) groups excluding carboxylic acids is 1. The summed E-state index contributed by atoms with van der Waals surface area (Å²) in [5, 5.41) is 3.43. The van der Waals surface area contributed by atoms with Gasteiger partial charge in [0.1, 0.15) is 5.82 Å². The molecule has 0 unspecified atom stereocenters. The minimum absolute atomic E-state index is 0.0290. The molecule has 0 atom stereocenters. The van der Waals surface area contributed by atoms with Gasteiger partial charge in [-0.05, 0) is 13.8 Å². The van der Waals surface area contributed by atoms with Crippen molar-refractivity contribution in [3.63, 3.8) is 0 Å². The fourth-order valence-corrected chi connectivity index (χ4v) is 2.05. The molecule has 0 bridgehead atoms. The molecule has 1 fully saturated rings. The number of methoxy groups -OCH3 is 1. The molecule has 1 aromatic rings. The largest absolute Gasteiger partial charge is 0.464 e. The fourth-order valence-electron chi connectivity index (χ4n) is 2.05. The summed E-state index contributed by atoms with van der Waals surface area (Å²) >= 11 is 0. The minimum Gasteiger partial charge on any atom is -0.464 e. The molecule has 0 radical (unpaired) electrons. The number of anilines is 1. The fraction of sp³-hybridized carbons (Fsp3) is 0.583. The maximum Gasteiger partial charge on any atom is 0.358 e. The van der Waals surface area contributed by atoms with Crippen molar-refractivity contribution in [2.45, 2.75) is 19.4 Å². The Bertz CT molecular complexity index is 447. The summed E-state index contributed by atoms with van der Waals surface area (Å²) in [5.74, 6) is 0.256. The molecule has 6 heteroatoms. The van der Waals surface area contributed by atoms with E-state index in [1.165, 1.54) is 13.3 Å². The van der Waals surface area contributed by atoms with Crippen LogP contribution in [0.3, 0.4) is 0 Å². The third kappa shape index (κ3) is 2.76. The van der Waals surface area contributed by atoms with Crippen LogP contribution in [0.1, 0.15) is 24.3 Å². The molecule has 0 spiro atoms. The number of piperazine rings is 1. The van der Waals surface area contributed by atoms with Crippen molar-refractivity contribution < 1.29 is 9.53 Å². The van der Waals surface area contributed by atoms with Gasteiger partial charge in [-0.1, -0.05) is 0 Å². The first-order chi connectivity index (χ1) is 8.52. The summed E-state index contributed by atoms with van der Waals surface area (Å²) in [4.78, 5) is 21.9. The SMILES string of the molecule is COC(=O)c1cncc(N2CCNC(C)(C)C2)n1. The third-order valence-electron chi connectivity index (χ3n) is 2.91. The molecular weight excluding hydrogens is 232 g/mol. The molecule has 98 valence electrons. The van der Waals surface area contributed by atoms with Gasteiger partial charge in [0.2, 0.25) is 0 Å². The van der Waals surface area contributed by atoms with E-state index in [1.54, 1.807) is 6.20 Å². The van der Waals surface area contributed by atoms with Crippen LogP contribution >= 0.6 is 0 Å². The van der Waals surface area contributed by atoms with Crippen LogP contribution < -0.4 is 10.2 Å². The van der Waals surface area contributed by atoms with Gasteiger partial charge in [-0.3, -0.25) is 4.98 Å². The molecule has 1 aliphatic heterocycles. The van der Waals surface area contributed by atoms with E-state index in [4.69, 9.17) is 0 Å². The number of nitrogens with one attached hydrogen (secondary N) is 1. The zero-order valence-electron chi connectivity index (χ0n) is 10.9. The Morgan fingerprint density at radius 3 is 2.94 bits per heavy atom. The Kier molecular flexibility index (Phi) is 3.47. The number of esters is 1. The van der Waals surface area contributed by atoms with Crippen LogP contribution in [-0.4, -0.2) is 48.2 Å². The van der Waals surface area contributed by atoms with Crippen LogP contribution in [0.2, 0.25) is 0 Å². The standard InChI is InChI=1S/C12H18N4O2/c1-12(2)8-16(5-4-14-12)10-7-13-6-9(15-10)11(17)18-3/h6-7,14H,4-5,8H2,1-3H3. The van der Waals surface area contributed by atoms with Gasteiger partial charge in [0.25, 0.3) is 0 Å². The van der Waals surface area contributed by atoms with Crippen molar-refractivity contribution in [1.82, 2.24) is 15.3 Å². The summed E-state index contributed by atoms with van der Waals surface area (Å²) in [6.07, 6.45) is 3.09. The zero-order chi connectivity index (χ0) is 13.2. The first-order valence-corrected chi connectivity index (χ1v) is 5.92. The zero-order valence-corrected chi connectivity index (χ0v) is 10.9. The summed E-state index contributed by atoms with van der Waals surface area (Å²) < 4.78 is 4.65. The predicted molar refractivity (Wildman–Crippen MR) is 67.7 cm³/mol. The Morgan fingerprint density at radius 2 is 2.28 bits per heavy atom. The van der Waals surface area contributed by atoms with E-state index >= 15 is 0 Å². The molecule has 6 nitrogen and oxygen atoms in total. The van der Waals surface area contributed by atoms with Crippen molar-refractivity contribution >= 4 is 11.8 Å². The van der Waals surface area contributed by atoms with Crippen molar-refractivity contribution in [2.75, 3.05) is 31.6 Å². The summed E-state index contributed by atoms with van der Waals surface area (Å²) in [7, 11) is 1.34. The maximum atomic E-state index is 11.4. The third-order valence-corrected chi connectivity index (χ3v) is 2.91. The number of carbonyl (C=O) groups is 1. The Balaban J connectivity index is 2.20. The molecular formula is C12H18N4O2. The molecule has 18 heavy (non-hydrogen) atoms. The van der Waals surface area contributed by atoms with E-state index in [1.807, 2.05) is 0 Å². The molecule has 1 saturated heterocycles. The van der Waals surface area contributed by atoms with Gasteiger partial charge >= 0.3 is 5.97 Å². The highest BCUT2D eigenvalue weighted by molar-refractivity contribution is 5.87. The van der Waals surface area contributed by atoms with Gasteiger partial charge in [-0.15, -0.1) is 0 Å². The van der Waals surface area contributed by atoms with Gasteiger partial charge < -0.3 is 15.0 Å². The lowest BCUT2D eigenvalue weighted by Crippen LogP contribution is -2.57.